The number of likely N-dealkylation sites (tertiary alicyclic amines) is 1. The number of amides is 2. The highest BCUT2D eigenvalue weighted by molar-refractivity contribution is 7.99. The van der Waals surface area contributed by atoms with Crippen molar-refractivity contribution in [1.82, 2.24) is 4.90 Å². The van der Waals surface area contributed by atoms with Gasteiger partial charge in [0, 0.05) is 19.4 Å². The van der Waals surface area contributed by atoms with Gasteiger partial charge in [-0.1, -0.05) is 6.92 Å². The molecule has 0 N–H and O–H groups in total. The van der Waals surface area contributed by atoms with Crippen molar-refractivity contribution >= 4 is 23.6 Å². The lowest BCUT2D eigenvalue weighted by Crippen LogP contribution is -2.36. The molecule has 1 aliphatic rings. The van der Waals surface area contributed by atoms with Crippen LogP contribution in [0.15, 0.2) is 0 Å². The zero-order valence-electron chi connectivity index (χ0n) is 9.33. The van der Waals surface area contributed by atoms with Crippen LogP contribution in [0.1, 0.15) is 39.0 Å². The lowest BCUT2D eigenvalue weighted by atomic mass is 10.2. The van der Waals surface area contributed by atoms with Crippen molar-refractivity contribution in [1.29, 1.82) is 0 Å². The third kappa shape index (κ3) is 4.24. The predicted octanol–water partition coefficient (Wildman–Crippen LogP) is 2.06. The Balaban J connectivity index is 2.35. The summed E-state index contributed by atoms with van der Waals surface area (Å²) < 4.78 is 0. The summed E-state index contributed by atoms with van der Waals surface area (Å²) in [5.74, 6) is 2.19. The zero-order valence-corrected chi connectivity index (χ0v) is 10.1. The fourth-order valence-corrected chi connectivity index (χ4v) is 2.30. The fourth-order valence-electron chi connectivity index (χ4n) is 1.68. The standard InChI is InChI=1S/C11H19NO2S/c1-2-15-9-5-8-12-10(13)6-3-4-7-11(12)14/h2-9H2,1H3. The molecule has 1 heterocycles. The van der Waals surface area contributed by atoms with Gasteiger partial charge >= 0.3 is 0 Å². The monoisotopic (exact) mass is 229 g/mol. The van der Waals surface area contributed by atoms with Gasteiger partial charge in [0.25, 0.3) is 0 Å². The van der Waals surface area contributed by atoms with Gasteiger partial charge < -0.3 is 0 Å². The van der Waals surface area contributed by atoms with E-state index < -0.39 is 0 Å². The average molecular weight is 229 g/mol. The maximum absolute atomic E-state index is 11.6. The maximum atomic E-state index is 11.6. The summed E-state index contributed by atoms with van der Waals surface area (Å²) in [5, 5.41) is 0. The number of rotatable bonds is 5. The van der Waals surface area contributed by atoms with Gasteiger partial charge in [-0.2, -0.15) is 11.8 Å². The Morgan fingerprint density at radius 2 is 1.80 bits per heavy atom. The Labute approximate surface area is 95.6 Å². The molecule has 0 bridgehead atoms. The summed E-state index contributed by atoms with van der Waals surface area (Å²) in [6.45, 7) is 2.73. The second-order valence-electron chi connectivity index (χ2n) is 3.70. The molecule has 1 rings (SSSR count). The third-order valence-electron chi connectivity index (χ3n) is 2.51. The molecule has 0 aromatic rings. The Morgan fingerprint density at radius 3 is 2.33 bits per heavy atom. The lowest BCUT2D eigenvalue weighted by Gasteiger charge is -2.18. The Hall–Kier alpha value is -0.510. The highest BCUT2D eigenvalue weighted by Crippen LogP contribution is 2.13. The molecule has 0 aromatic carbocycles. The first-order valence-corrected chi connectivity index (χ1v) is 6.82. The molecule has 0 unspecified atom stereocenters. The molecule has 15 heavy (non-hydrogen) atoms. The van der Waals surface area contributed by atoms with Gasteiger partial charge in [0.1, 0.15) is 0 Å². The van der Waals surface area contributed by atoms with Gasteiger partial charge in [-0.05, 0) is 30.8 Å². The molecular formula is C11H19NO2S. The van der Waals surface area contributed by atoms with Crippen molar-refractivity contribution in [2.75, 3.05) is 18.1 Å². The van der Waals surface area contributed by atoms with E-state index in [1.165, 1.54) is 4.90 Å². The quantitative estimate of drug-likeness (QED) is 0.535. The first-order chi connectivity index (χ1) is 7.25. The van der Waals surface area contributed by atoms with E-state index in [1.807, 2.05) is 11.8 Å². The van der Waals surface area contributed by atoms with Crippen molar-refractivity contribution in [3.8, 4) is 0 Å². The van der Waals surface area contributed by atoms with Crippen LogP contribution in [0.25, 0.3) is 0 Å². The Kier molecular flexibility index (Phi) is 5.76. The fraction of sp³-hybridized carbons (Fsp3) is 0.818. The van der Waals surface area contributed by atoms with Crippen molar-refractivity contribution in [3.05, 3.63) is 0 Å². The molecule has 4 heteroatoms. The molecule has 1 saturated heterocycles. The van der Waals surface area contributed by atoms with E-state index in [-0.39, 0.29) is 11.8 Å². The Morgan fingerprint density at radius 1 is 1.20 bits per heavy atom. The number of hydrogen-bond acceptors (Lipinski definition) is 3. The first kappa shape index (κ1) is 12.6. The number of hydrogen-bond donors (Lipinski definition) is 0. The topological polar surface area (TPSA) is 37.4 Å². The van der Waals surface area contributed by atoms with Crippen LogP contribution in [-0.2, 0) is 9.59 Å². The normalized spacial score (nSPS) is 18.1. The third-order valence-corrected chi connectivity index (χ3v) is 3.49. The molecule has 0 radical (unpaired) electrons. The number of imide groups is 1. The van der Waals surface area contributed by atoms with Crippen LogP contribution >= 0.6 is 11.8 Å². The molecule has 86 valence electrons. The summed E-state index contributed by atoms with van der Waals surface area (Å²) in [4.78, 5) is 24.6. The highest BCUT2D eigenvalue weighted by atomic mass is 32.2. The first-order valence-electron chi connectivity index (χ1n) is 5.66. The molecule has 0 atom stereocenters. The van der Waals surface area contributed by atoms with Crippen molar-refractivity contribution < 1.29 is 9.59 Å². The maximum Gasteiger partial charge on any atom is 0.229 e. The number of thioether (sulfide) groups is 1. The molecular weight excluding hydrogens is 210 g/mol. The molecule has 0 spiro atoms. The van der Waals surface area contributed by atoms with E-state index in [0.29, 0.717) is 19.4 Å². The smallest absolute Gasteiger partial charge is 0.229 e. The predicted molar refractivity (Wildman–Crippen MR) is 62.8 cm³/mol. The van der Waals surface area contributed by atoms with Gasteiger partial charge in [-0.3, -0.25) is 14.5 Å². The minimum absolute atomic E-state index is 0.0269. The van der Waals surface area contributed by atoms with E-state index >= 15 is 0 Å². The van der Waals surface area contributed by atoms with Crippen LogP contribution in [0.2, 0.25) is 0 Å². The van der Waals surface area contributed by atoms with E-state index in [1.54, 1.807) is 0 Å². The van der Waals surface area contributed by atoms with E-state index in [2.05, 4.69) is 6.92 Å². The molecule has 2 amide bonds. The van der Waals surface area contributed by atoms with Crippen LogP contribution in [0.5, 0.6) is 0 Å². The van der Waals surface area contributed by atoms with Crippen molar-refractivity contribution in [3.63, 3.8) is 0 Å². The highest BCUT2D eigenvalue weighted by Gasteiger charge is 2.22. The van der Waals surface area contributed by atoms with Gasteiger partial charge in [-0.15, -0.1) is 0 Å². The van der Waals surface area contributed by atoms with Crippen LogP contribution < -0.4 is 0 Å². The van der Waals surface area contributed by atoms with Crippen LogP contribution in [-0.4, -0.2) is 34.8 Å². The summed E-state index contributed by atoms with van der Waals surface area (Å²) in [6, 6.07) is 0. The van der Waals surface area contributed by atoms with Gasteiger partial charge in [0.15, 0.2) is 0 Å². The van der Waals surface area contributed by atoms with Crippen LogP contribution in [0.4, 0.5) is 0 Å². The Bertz CT molecular complexity index is 213. The zero-order chi connectivity index (χ0) is 11.1. The minimum Gasteiger partial charge on any atom is -0.283 e. The number of carbonyl (C=O) groups is 2. The van der Waals surface area contributed by atoms with E-state index in [9.17, 15) is 9.59 Å². The number of carbonyl (C=O) groups excluding carboxylic acids is 2. The molecule has 0 saturated carbocycles. The molecule has 0 aliphatic carbocycles. The summed E-state index contributed by atoms with van der Waals surface area (Å²) >= 11 is 1.86. The summed E-state index contributed by atoms with van der Waals surface area (Å²) in [5.41, 5.74) is 0. The molecule has 0 aromatic heterocycles. The van der Waals surface area contributed by atoms with Gasteiger partial charge in [-0.25, -0.2) is 0 Å². The summed E-state index contributed by atoms with van der Waals surface area (Å²) in [6.07, 6.45) is 3.75. The number of nitrogens with zero attached hydrogens (tertiary/aromatic N) is 1. The minimum atomic E-state index is 0.0269. The van der Waals surface area contributed by atoms with Crippen molar-refractivity contribution in [2.45, 2.75) is 39.0 Å². The van der Waals surface area contributed by atoms with E-state index in [4.69, 9.17) is 0 Å². The molecule has 1 fully saturated rings. The average Bonchev–Trinajstić information content (AvgIpc) is 2.37. The van der Waals surface area contributed by atoms with Gasteiger partial charge in [0.2, 0.25) is 11.8 Å². The van der Waals surface area contributed by atoms with Crippen molar-refractivity contribution in [2.24, 2.45) is 0 Å². The van der Waals surface area contributed by atoms with E-state index in [0.717, 1.165) is 30.8 Å². The SMILES string of the molecule is CCSCCCN1C(=O)CCCCC1=O. The van der Waals surface area contributed by atoms with Gasteiger partial charge in [0.05, 0.1) is 0 Å². The molecule has 3 nitrogen and oxygen atoms in total. The lowest BCUT2D eigenvalue weighted by molar-refractivity contribution is -0.143. The summed E-state index contributed by atoms with van der Waals surface area (Å²) in [7, 11) is 0. The second kappa shape index (κ2) is 6.88. The second-order valence-corrected chi connectivity index (χ2v) is 5.09. The largest absolute Gasteiger partial charge is 0.283 e. The van der Waals surface area contributed by atoms with Crippen LogP contribution in [0, 0.1) is 0 Å². The molecule has 1 aliphatic heterocycles. The van der Waals surface area contributed by atoms with Crippen LogP contribution in [0.3, 0.4) is 0 Å².